The monoisotopic (exact) mass is 241 g/mol. The van der Waals surface area contributed by atoms with Crippen LogP contribution >= 0.6 is 0 Å². The van der Waals surface area contributed by atoms with Gasteiger partial charge >= 0.3 is 0 Å². The second-order valence-electron chi connectivity index (χ2n) is 4.92. The van der Waals surface area contributed by atoms with Crippen LogP contribution in [0.4, 0.5) is 0 Å². The predicted molar refractivity (Wildman–Crippen MR) is 75.2 cm³/mol. The second-order valence-corrected chi connectivity index (χ2v) is 4.92. The quantitative estimate of drug-likeness (QED) is 0.888. The van der Waals surface area contributed by atoms with Crippen LogP contribution in [0, 0.1) is 5.92 Å². The van der Waals surface area contributed by atoms with Crippen LogP contribution in [0.3, 0.4) is 0 Å². The van der Waals surface area contributed by atoms with Gasteiger partial charge < -0.3 is 10.1 Å². The fourth-order valence-electron chi connectivity index (χ4n) is 2.60. The van der Waals surface area contributed by atoms with Crippen molar-refractivity contribution in [2.24, 2.45) is 5.92 Å². The van der Waals surface area contributed by atoms with E-state index < -0.39 is 0 Å². The van der Waals surface area contributed by atoms with E-state index in [0.717, 1.165) is 37.8 Å². The van der Waals surface area contributed by atoms with Gasteiger partial charge in [0.1, 0.15) is 5.75 Å². The van der Waals surface area contributed by atoms with Crippen LogP contribution in [0.25, 0.3) is 10.8 Å². The van der Waals surface area contributed by atoms with Crippen molar-refractivity contribution in [1.82, 2.24) is 5.32 Å². The number of fused-ring (bicyclic) bond motifs is 1. The molecule has 1 fully saturated rings. The molecule has 1 saturated heterocycles. The number of ether oxygens (including phenoxy) is 1. The van der Waals surface area contributed by atoms with E-state index in [-0.39, 0.29) is 0 Å². The normalized spacial score (nSPS) is 15.6. The molecule has 1 aliphatic rings. The molecule has 0 atom stereocenters. The highest BCUT2D eigenvalue weighted by atomic mass is 16.5. The van der Waals surface area contributed by atoms with Crippen molar-refractivity contribution in [2.45, 2.75) is 13.3 Å². The first-order valence-electron chi connectivity index (χ1n) is 6.72. The summed E-state index contributed by atoms with van der Waals surface area (Å²) in [6.07, 6.45) is 1.11. The van der Waals surface area contributed by atoms with Gasteiger partial charge in [0.15, 0.2) is 0 Å². The summed E-state index contributed by atoms with van der Waals surface area (Å²) in [6, 6.07) is 12.9. The number of hydrogen-bond acceptors (Lipinski definition) is 2. The van der Waals surface area contributed by atoms with Gasteiger partial charge in [-0.25, -0.2) is 0 Å². The Balaban J connectivity index is 2.05. The standard InChI is InChI=1S/C16H19NO/c1-2-18-16-8-7-13-5-3-4-6-14(13)15(16)9-12-10-17-11-12/h3-8,12,17H,2,9-11H2,1H3. The summed E-state index contributed by atoms with van der Waals surface area (Å²) in [6.45, 7) is 5.04. The Morgan fingerprint density at radius 2 is 2.00 bits per heavy atom. The van der Waals surface area contributed by atoms with Crippen molar-refractivity contribution >= 4 is 10.8 Å². The fraction of sp³-hybridized carbons (Fsp3) is 0.375. The summed E-state index contributed by atoms with van der Waals surface area (Å²) in [5.41, 5.74) is 1.38. The minimum absolute atomic E-state index is 0.730. The maximum atomic E-state index is 5.79. The molecule has 2 nitrogen and oxygen atoms in total. The first-order valence-corrected chi connectivity index (χ1v) is 6.72. The molecule has 94 valence electrons. The molecule has 2 aromatic rings. The second kappa shape index (κ2) is 4.99. The van der Waals surface area contributed by atoms with Gasteiger partial charge in [0.25, 0.3) is 0 Å². The Morgan fingerprint density at radius 1 is 1.17 bits per heavy atom. The molecule has 0 saturated carbocycles. The fourth-order valence-corrected chi connectivity index (χ4v) is 2.60. The van der Waals surface area contributed by atoms with Gasteiger partial charge in [-0.3, -0.25) is 0 Å². The first-order chi connectivity index (χ1) is 8.88. The minimum Gasteiger partial charge on any atom is -0.494 e. The van der Waals surface area contributed by atoms with Gasteiger partial charge in [0.05, 0.1) is 6.61 Å². The molecule has 18 heavy (non-hydrogen) atoms. The summed E-state index contributed by atoms with van der Waals surface area (Å²) in [5, 5.41) is 5.99. The van der Waals surface area contributed by atoms with Gasteiger partial charge in [0.2, 0.25) is 0 Å². The highest BCUT2D eigenvalue weighted by molar-refractivity contribution is 5.87. The smallest absolute Gasteiger partial charge is 0.123 e. The number of rotatable bonds is 4. The zero-order valence-electron chi connectivity index (χ0n) is 10.8. The van der Waals surface area contributed by atoms with Crippen LogP contribution in [0.1, 0.15) is 12.5 Å². The summed E-state index contributed by atoms with van der Waals surface area (Å²) >= 11 is 0. The molecule has 0 aliphatic carbocycles. The summed E-state index contributed by atoms with van der Waals surface area (Å²) in [4.78, 5) is 0. The van der Waals surface area contributed by atoms with Gasteiger partial charge in [-0.1, -0.05) is 30.3 Å². The van der Waals surface area contributed by atoms with Gasteiger partial charge in [-0.05, 0) is 49.2 Å². The lowest BCUT2D eigenvalue weighted by molar-refractivity contribution is 0.320. The largest absolute Gasteiger partial charge is 0.494 e. The van der Waals surface area contributed by atoms with Crippen molar-refractivity contribution in [1.29, 1.82) is 0 Å². The molecule has 3 rings (SSSR count). The zero-order chi connectivity index (χ0) is 12.4. The lowest BCUT2D eigenvalue weighted by atomic mass is 9.91. The molecule has 0 amide bonds. The van der Waals surface area contributed by atoms with Crippen molar-refractivity contribution in [2.75, 3.05) is 19.7 Å². The van der Waals surface area contributed by atoms with Crippen molar-refractivity contribution in [3.05, 3.63) is 42.0 Å². The summed E-state index contributed by atoms with van der Waals surface area (Å²) in [7, 11) is 0. The van der Waals surface area contributed by atoms with E-state index in [0.29, 0.717) is 0 Å². The van der Waals surface area contributed by atoms with Crippen molar-refractivity contribution in [3.63, 3.8) is 0 Å². The van der Waals surface area contributed by atoms with E-state index in [4.69, 9.17) is 4.74 Å². The maximum absolute atomic E-state index is 5.79. The number of nitrogens with one attached hydrogen (secondary N) is 1. The van der Waals surface area contributed by atoms with E-state index in [1.165, 1.54) is 16.3 Å². The highest BCUT2D eigenvalue weighted by Crippen LogP contribution is 2.31. The molecule has 1 aliphatic heterocycles. The predicted octanol–water partition coefficient (Wildman–Crippen LogP) is 3.00. The minimum atomic E-state index is 0.730. The average molecular weight is 241 g/mol. The summed E-state index contributed by atoms with van der Waals surface area (Å²) < 4.78 is 5.79. The van der Waals surface area contributed by atoms with Crippen LogP contribution in [-0.2, 0) is 6.42 Å². The molecule has 1 N–H and O–H groups in total. The molecule has 2 heteroatoms. The third-order valence-corrected chi connectivity index (χ3v) is 3.66. The molecular formula is C16H19NO. The van der Waals surface area contributed by atoms with Crippen molar-refractivity contribution < 1.29 is 4.74 Å². The topological polar surface area (TPSA) is 21.3 Å². The van der Waals surface area contributed by atoms with E-state index in [2.05, 4.69) is 41.7 Å². The molecule has 0 radical (unpaired) electrons. The lowest BCUT2D eigenvalue weighted by Crippen LogP contribution is -2.43. The third-order valence-electron chi connectivity index (χ3n) is 3.66. The number of hydrogen-bond donors (Lipinski definition) is 1. The van der Waals surface area contributed by atoms with Crippen molar-refractivity contribution in [3.8, 4) is 5.75 Å². The van der Waals surface area contributed by atoms with Crippen LogP contribution in [0.15, 0.2) is 36.4 Å². The van der Waals surface area contributed by atoms with Crippen LogP contribution in [0.5, 0.6) is 5.75 Å². The number of benzene rings is 2. The van der Waals surface area contributed by atoms with E-state index in [1.54, 1.807) is 0 Å². The van der Waals surface area contributed by atoms with Gasteiger partial charge in [-0.2, -0.15) is 0 Å². The Kier molecular flexibility index (Phi) is 3.20. The highest BCUT2D eigenvalue weighted by Gasteiger charge is 2.20. The molecular weight excluding hydrogens is 222 g/mol. The average Bonchev–Trinajstić information content (AvgIpc) is 2.35. The third kappa shape index (κ3) is 2.08. The summed E-state index contributed by atoms with van der Waals surface area (Å²) in [5.74, 6) is 1.82. The van der Waals surface area contributed by atoms with Crippen LogP contribution in [0.2, 0.25) is 0 Å². The lowest BCUT2D eigenvalue weighted by Gasteiger charge is -2.28. The Morgan fingerprint density at radius 3 is 2.72 bits per heavy atom. The maximum Gasteiger partial charge on any atom is 0.123 e. The molecule has 0 unspecified atom stereocenters. The molecule has 0 bridgehead atoms. The van der Waals surface area contributed by atoms with E-state index in [1.807, 2.05) is 6.92 Å². The van der Waals surface area contributed by atoms with Crippen LogP contribution in [-0.4, -0.2) is 19.7 Å². The van der Waals surface area contributed by atoms with Gasteiger partial charge in [0, 0.05) is 5.56 Å². The molecule has 2 aromatic carbocycles. The van der Waals surface area contributed by atoms with Crippen LogP contribution < -0.4 is 10.1 Å². The van der Waals surface area contributed by atoms with Gasteiger partial charge in [-0.15, -0.1) is 0 Å². The zero-order valence-corrected chi connectivity index (χ0v) is 10.8. The van der Waals surface area contributed by atoms with E-state index in [9.17, 15) is 0 Å². The Labute approximate surface area is 108 Å². The first kappa shape index (κ1) is 11.5. The Hall–Kier alpha value is -1.54. The molecule has 1 heterocycles. The van der Waals surface area contributed by atoms with E-state index >= 15 is 0 Å². The molecule has 0 aromatic heterocycles. The Bertz CT molecular complexity index is 546. The SMILES string of the molecule is CCOc1ccc2ccccc2c1CC1CNC1. The molecule has 0 spiro atoms.